The van der Waals surface area contributed by atoms with E-state index >= 15 is 0 Å². The molecule has 0 radical (unpaired) electrons. The molecular weight excluding hydrogens is 198 g/mol. The van der Waals surface area contributed by atoms with Crippen LogP contribution in [0, 0.1) is 24.2 Å². The molecule has 1 fully saturated rings. The Bertz CT molecular complexity index is 246. The minimum absolute atomic E-state index is 0.340. The van der Waals surface area contributed by atoms with E-state index in [1.165, 1.54) is 0 Å². The minimum Gasteiger partial charge on any atom is -0.375 e. The molecule has 2 heteroatoms. The summed E-state index contributed by atoms with van der Waals surface area (Å²) in [7, 11) is 0. The van der Waals surface area contributed by atoms with E-state index in [1.807, 2.05) is 0 Å². The Labute approximate surface area is 100 Å². The molecule has 16 heavy (non-hydrogen) atoms. The standard InChI is InChI=1S/C14H25NO/c1-6-8-9-13(15-7-2)14-10(3)11(4)16-12(14)5/h1,10-15H,7-9H2,2-5H3. The molecule has 92 valence electrons. The lowest BCUT2D eigenvalue weighted by Gasteiger charge is -2.29. The van der Waals surface area contributed by atoms with Crippen LogP contribution in [0.5, 0.6) is 0 Å². The van der Waals surface area contributed by atoms with Gasteiger partial charge in [0.05, 0.1) is 12.2 Å². The van der Waals surface area contributed by atoms with E-state index in [9.17, 15) is 0 Å². The molecule has 1 saturated heterocycles. The molecule has 0 amide bonds. The van der Waals surface area contributed by atoms with Crippen molar-refractivity contribution in [2.75, 3.05) is 6.54 Å². The molecule has 1 rings (SSSR count). The van der Waals surface area contributed by atoms with Gasteiger partial charge >= 0.3 is 0 Å². The summed E-state index contributed by atoms with van der Waals surface area (Å²) >= 11 is 0. The molecule has 0 spiro atoms. The van der Waals surface area contributed by atoms with Gasteiger partial charge in [0, 0.05) is 18.4 Å². The van der Waals surface area contributed by atoms with Crippen molar-refractivity contribution in [2.45, 2.75) is 58.8 Å². The van der Waals surface area contributed by atoms with Gasteiger partial charge in [-0.2, -0.15) is 0 Å². The number of hydrogen-bond donors (Lipinski definition) is 1. The second-order valence-electron chi connectivity index (χ2n) is 4.89. The number of nitrogens with one attached hydrogen (secondary N) is 1. The molecule has 0 bridgehead atoms. The molecule has 0 aromatic heterocycles. The normalized spacial score (nSPS) is 35.9. The highest BCUT2D eigenvalue weighted by molar-refractivity contribution is 4.94. The zero-order valence-corrected chi connectivity index (χ0v) is 11.0. The summed E-state index contributed by atoms with van der Waals surface area (Å²) < 4.78 is 5.90. The summed E-state index contributed by atoms with van der Waals surface area (Å²) in [6.07, 6.45) is 7.97. The van der Waals surface area contributed by atoms with Gasteiger partial charge in [0.15, 0.2) is 0 Å². The number of hydrogen-bond acceptors (Lipinski definition) is 2. The molecule has 1 aliphatic heterocycles. The van der Waals surface area contributed by atoms with Crippen LogP contribution >= 0.6 is 0 Å². The number of ether oxygens (including phenoxy) is 1. The van der Waals surface area contributed by atoms with Crippen molar-refractivity contribution >= 4 is 0 Å². The Morgan fingerprint density at radius 2 is 2.00 bits per heavy atom. The van der Waals surface area contributed by atoms with Crippen molar-refractivity contribution in [3.63, 3.8) is 0 Å². The van der Waals surface area contributed by atoms with Crippen molar-refractivity contribution < 1.29 is 4.74 Å². The molecular formula is C14H25NO. The van der Waals surface area contributed by atoms with E-state index in [2.05, 4.69) is 38.9 Å². The molecule has 0 saturated carbocycles. The summed E-state index contributed by atoms with van der Waals surface area (Å²) in [4.78, 5) is 0. The zero-order chi connectivity index (χ0) is 12.1. The maximum absolute atomic E-state index is 5.90. The minimum atomic E-state index is 0.340. The average molecular weight is 223 g/mol. The second kappa shape index (κ2) is 6.27. The zero-order valence-electron chi connectivity index (χ0n) is 11.0. The molecule has 2 nitrogen and oxygen atoms in total. The summed E-state index contributed by atoms with van der Waals surface area (Å²) in [5.74, 6) is 3.93. The van der Waals surface area contributed by atoms with Crippen LogP contribution in [-0.4, -0.2) is 24.8 Å². The summed E-state index contributed by atoms with van der Waals surface area (Å²) in [6, 6.07) is 0.496. The maximum Gasteiger partial charge on any atom is 0.0597 e. The lowest BCUT2D eigenvalue weighted by atomic mass is 9.81. The fourth-order valence-electron chi connectivity index (χ4n) is 2.92. The van der Waals surface area contributed by atoms with Gasteiger partial charge in [0.25, 0.3) is 0 Å². The van der Waals surface area contributed by atoms with Crippen molar-refractivity contribution in [3.05, 3.63) is 0 Å². The van der Waals surface area contributed by atoms with Gasteiger partial charge in [0.1, 0.15) is 0 Å². The molecule has 0 aromatic rings. The Balaban J connectivity index is 2.65. The first kappa shape index (κ1) is 13.5. The summed E-state index contributed by atoms with van der Waals surface area (Å²) in [6.45, 7) is 9.80. The number of terminal acetylenes is 1. The largest absolute Gasteiger partial charge is 0.375 e. The van der Waals surface area contributed by atoms with Crippen LogP contribution in [0.15, 0.2) is 0 Å². The van der Waals surface area contributed by atoms with Gasteiger partial charge < -0.3 is 10.1 Å². The van der Waals surface area contributed by atoms with E-state index in [4.69, 9.17) is 11.2 Å². The highest BCUT2D eigenvalue weighted by Gasteiger charge is 2.40. The van der Waals surface area contributed by atoms with Crippen molar-refractivity contribution in [1.29, 1.82) is 0 Å². The molecule has 1 N–H and O–H groups in total. The van der Waals surface area contributed by atoms with E-state index in [-0.39, 0.29) is 0 Å². The van der Waals surface area contributed by atoms with Crippen molar-refractivity contribution in [2.24, 2.45) is 11.8 Å². The maximum atomic E-state index is 5.90. The Morgan fingerprint density at radius 1 is 1.31 bits per heavy atom. The molecule has 0 aliphatic carbocycles. The van der Waals surface area contributed by atoms with Crippen LogP contribution < -0.4 is 5.32 Å². The van der Waals surface area contributed by atoms with E-state index in [0.29, 0.717) is 30.1 Å². The summed E-state index contributed by atoms with van der Waals surface area (Å²) in [5.41, 5.74) is 0. The van der Waals surface area contributed by atoms with Crippen LogP contribution in [0.25, 0.3) is 0 Å². The Morgan fingerprint density at radius 3 is 2.44 bits per heavy atom. The monoisotopic (exact) mass is 223 g/mol. The topological polar surface area (TPSA) is 21.3 Å². The van der Waals surface area contributed by atoms with Crippen LogP contribution in [0.4, 0.5) is 0 Å². The second-order valence-corrected chi connectivity index (χ2v) is 4.89. The van der Waals surface area contributed by atoms with Crippen LogP contribution in [0.3, 0.4) is 0 Å². The first-order valence-electron chi connectivity index (χ1n) is 6.44. The van der Waals surface area contributed by atoms with Gasteiger partial charge in [0.2, 0.25) is 0 Å². The predicted octanol–water partition coefficient (Wildman–Crippen LogP) is 2.44. The number of rotatable bonds is 5. The quantitative estimate of drug-likeness (QED) is 0.723. The highest BCUT2D eigenvalue weighted by Crippen LogP contribution is 2.35. The third kappa shape index (κ3) is 2.99. The van der Waals surface area contributed by atoms with Crippen LogP contribution in [0.2, 0.25) is 0 Å². The Hall–Kier alpha value is -0.520. The van der Waals surface area contributed by atoms with Crippen LogP contribution in [-0.2, 0) is 4.74 Å². The molecule has 5 unspecified atom stereocenters. The average Bonchev–Trinajstić information content (AvgIpc) is 2.49. The van der Waals surface area contributed by atoms with Gasteiger partial charge in [-0.05, 0) is 32.7 Å². The first-order chi connectivity index (χ1) is 7.61. The van der Waals surface area contributed by atoms with E-state index < -0.39 is 0 Å². The molecule has 1 aliphatic rings. The fourth-order valence-corrected chi connectivity index (χ4v) is 2.92. The lowest BCUT2D eigenvalue weighted by molar-refractivity contribution is 0.0473. The molecule has 1 heterocycles. The first-order valence-corrected chi connectivity index (χ1v) is 6.44. The Kier molecular flexibility index (Phi) is 5.31. The van der Waals surface area contributed by atoms with Crippen molar-refractivity contribution in [3.8, 4) is 12.3 Å². The van der Waals surface area contributed by atoms with Gasteiger partial charge in [-0.1, -0.05) is 13.8 Å². The summed E-state index contributed by atoms with van der Waals surface area (Å²) in [5, 5.41) is 3.57. The molecule has 5 atom stereocenters. The molecule has 0 aromatic carbocycles. The van der Waals surface area contributed by atoms with E-state index in [0.717, 1.165) is 19.4 Å². The van der Waals surface area contributed by atoms with Gasteiger partial charge in [-0.3, -0.25) is 0 Å². The van der Waals surface area contributed by atoms with Gasteiger partial charge in [-0.15, -0.1) is 12.3 Å². The SMILES string of the molecule is C#CCCC(NCC)C1C(C)OC(C)C1C. The predicted molar refractivity (Wildman–Crippen MR) is 68.2 cm³/mol. The van der Waals surface area contributed by atoms with E-state index in [1.54, 1.807) is 0 Å². The third-order valence-electron chi connectivity index (χ3n) is 3.85. The smallest absolute Gasteiger partial charge is 0.0597 e. The van der Waals surface area contributed by atoms with Crippen molar-refractivity contribution in [1.82, 2.24) is 5.32 Å². The highest BCUT2D eigenvalue weighted by atomic mass is 16.5. The third-order valence-corrected chi connectivity index (χ3v) is 3.85. The fraction of sp³-hybridized carbons (Fsp3) is 0.857. The van der Waals surface area contributed by atoms with Gasteiger partial charge in [-0.25, -0.2) is 0 Å². The van der Waals surface area contributed by atoms with Crippen LogP contribution in [0.1, 0.15) is 40.5 Å². The lowest BCUT2D eigenvalue weighted by Crippen LogP contribution is -2.41.